The molecule has 0 aliphatic heterocycles. The Hall–Kier alpha value is -2.15. The summed E-state index contributed by atoms with van der Waals surface area (Å²) in [6, 6.07) is 4.44. The van der Waals surface area contributed by atoms with Crippen LogP contribution in [0.15, 0.2) is 18.2 Å². The summed E-state index contributed by atoms with van der Waals surface area (Å²) in [7, 11) is 1.62. The summed E-state index contributed by atoms with van der Waals surface area (Å²) < 4.78 is 0. The Labute approximate surface area is 111 Å². The smallest absolute Gasteiger partial charge is 0.306 e. The number of hydrazine groups is 1. The molecule has 0 saturated carbocycles. The minimum Gasteiger partial charge on any atom is -0.341 e. The molecule has 1 aromatic carbocycles. The summed E-state index contributed by atoms with van der Waals surface area (Å²) >= 11 is 0. The largest absolute Gasteiger partial charge is 0.341 e. The van der Waals surface area contributed by atoms with Crippen molar-refractivity contribution in [3.63, 3.8) is 0 Å². The molecule has 19 heavy (non-hydrogen) atoms. The number of benzene rings is 1. The van der Waals surface area contributed by atoms with Crippen molar-refractivity contribution in [3.8, 4) is 0 Å². The summed E-state index contributed by atoms with van der Waals surface area (Å²) in [5.41, 5.74) is 2.09. The fourth-order valence-electron chi connectivity index (χ4n) is 1.87. The number of para-hydroxylation sites is 1. The van der Waals surface area contributed by atoms with Gasteiger partial charge in [-0.1, -0.05) is 19.9 Å². The van der Waals surface area contributed by atoms with E-state index in [2.05, 4.69) is 5.43 Å². The fourth-order valence-corrected chi connectivity index (χ4v) is 1.87. The minimum absolute atomic E-state index is 0.0311. The van der Waals surface area contributed by atoms with Crippen molar-refractivity contribution in [2.24, 2.45) is 11.8 Å². The van der Waals surface area contributed by atoms with Crippen molar-refractivity contribution in [2.75, 3.05) is 19.0 Å². The zero-order valence-corrected chi connectivity index (χ0v) is 11.2. The molecule has 0 aliphatic rings. The number of carbonyl (C=O) groups is 1. The molecule has 0 heterocycles. The van der Waals surface area contributed by atoms with Crippen LogP contribution in [0.4, 0.5) is 11.4 Å². The molecule has 0 bridgehead atoms. The zero-order valence-electron chi connectivity index (χ0n) is 11.2. The third-order valence-electron chi connectivity index (χ3n) is 2.59. The normalized spacial score (nSPS) is 10.4. The van der Waals surface area contributed by atoms with Crippen molar-refractivity contribution in [1.82, 2.24) is 4.90 Å². The first kappa shape index (κ1) is 14.9. The van der Waals surface area contributed by atoms with Crippen LogP contribution >= 0.6 is 0 Å². The van der Waals surface area contributed by atoms with E-state index in [4.69, 9.17) is 5.84 Å². The first-order valence-corrected chi connectivity index (χ1v) is 5.88. The van der Waals surface area contributed by atoms with Gasteiger partial charge in [-0.05, 0) is 18.1 Å². The van der Waals surface area contributed by atoms with Gasteiger partial charge in [0.25, 0.3) is 5.91 Å². The van der Waals surface area contributed by atoms with Crippen LogP contribution in [0, 0.1) is 16.0 Å². The second kappa shape index (κ2) is 6.14. The van der Waals surface area contributed by atoms with Gasteiger partial charge in [-0.25, -0.2) is 0 Å². The monoisotopic (exact) mass is 266 g/mol. The fraction of sp³-hybridized carbons (Fsp3) is 0.417. The number of nitrogens with one attached hydrogen (secondary N) is 1. The molecule has 0 saturated heterocycles. The number of amides is 1. The predicted octanol–water partition coefficient (Wildman–Crippen LogP) is 1.61. The highest BCUT2D eigenvalue weighted by Gasteiger charge is 2.26. The van der Waals surface area contributed by atoms with E-state index in [1.54, 1.807) is 13.1 Å². The van der Waals surface area contributed by atoms with E-state index in [0.717, 1.165) is 0 Å². The average molecular weight is 266 g/mol. The minimum atomic E-state index is -0.606. The topological polar surface area (TPSA) is 102 Å². The van der Waals surface area contributed by atoms with Gasteiger partial charge in [0.15, 0.2) is 0 Å². The lowest BCUT2D eigenvalue weighted by Crippen LogP contribution is -2.31. The first-order valence-electron chi connectivity index (χ1n) is 5.88. The Morgan fingerprint density at radius 2 is 2.16 bits per heavy atom. The van der Waals surface area contributed by atoms with Gasteiger partial charge >= 0.3 is 5.69 Å². The summed E-state index contributed by atoms with van der Waals surface area (Å²) in [4.78, 5) is 24.2. The van der Waals surface area contributed by atoms with Crippen molar-refractivity contribution in [1.29, 1.82) is 0 Å². The van der Waals surface area contributed by atoms with Crippen molar-refractivity contribution in [2.45, 2.75) is 13.8 Å². The molecule has 3 N–H and O–H groups in total. The highest BCUT2D eigenvalue weighted by atomic mass is 16.6. The molecular weight excluding hydrogens is 248 g/mol. The Morgan fingerprint density at radius 3 is 2.63 bits per heavy atom. The molecule has 1 rings (SSSR count). The van der Waals surface area contributed by atoms with Gasteiger partial charge in [0.1, 0.15) is 11.3 Å². The van der Waals surface area contributed by atoms with E-state index in [9.17, 15) is 14.9 Å². The number of nitrogens with zero attached hydrogens (tertiary/aromatic N) is 2. The molecule has 7 heteroatoms. The summed E-state index contributed by atoms with van der Waals surface area (Å²) in [5.74, 6) is 5.13. The zero-order chi connectivity index (χ0) is 14.6. The molecule has 0 aromatic heterocycles. The van der Waals surface area contributed by atoms with Crippen molar-refractivity contribution in [3.05, 3.63) is 33.9 Å². The van der Waals surface area contributed by atoms with Gasteiger partial charge < -0.3 is 10.3 Å². The number of nitro groups is 1. The second-order valence-corrected chi connectivity index (χ2v) is 4.68. The maximum atomic E-state index is 12.2. The molecule has 0 fully saturated rings. The third-order valence-corrected chi connectivity index (χ3v) is 2.59. The highest BCUT2D eigenvalue weighted by Crippen LogP contribution is 2.28. The molecule has 7 nitrogen and oxygen atoms in total. The van der Waals surface area contributed by atoms with E-state index in [0.29, 0.717) is 6.54 Å². The van der Waals surface area contributed by atoms with Crippen LogP contribution in [0.5, 0.6) is 0 Å². The van der Waals surface area contributed by atoms with Crippen LogP contribution in [-0.2, 0) is 0 Å². The Morgan fingerprint density at radius 1 is 1.53 bits per heavy atom. The summed E-state index contributed by atoms with van der Waals surface area (Å²) in [6.45, 7) is 4.46. The highest BCUT2D eigenvalue weighted by molar-refractivity contribution is 6.00. The summed E-state index contributed by atoms with van der Waals surface area (Å²) in [6.07, 6.45) is 0. The van der Waals surface area contributed by atoms with Gasteiger partial charge in [0.2, 0.25) is 0 Å². The molecule has 104 valence electrons. The van der Waals surface area contributed by atoms with Crippen LogP contribution < -0.4 is 11.3 Å². The Balaban J connectivity index is 3.19. The van der Waals surface area contributed by atoms with Crippen molar-refractivity contribution >= 4 is 17.3 Å². The molecule has 1 amide bonds. The maximum absolute atomic E-state index is 12.2. The van der Waals surface area contributed by atoms with Gasteiger partial charge in [-0.2, -0.15) is 0 Å². The molecule has 0 radical (unpaired) electrons. The van der Waals surface area contributed by atoms with Crippen LogP contribution in [0.25, 0.3) is 0 Å². The van der Waals surface area contributed by atoms with Crippen molar-refractivity contribution < 1.29 is 9.72 Å². The molecule has 1 aromatic rings. The van der Waals surface area contributed by atoms with E-state index >= 15 is 0 Å². The molecule has 0 unspecified atom stereocenters. The quantitative estimate of drug-likeness (QED) is 0.479. The van der Waals surface area contributed by atoms with Gasteiger partial charge in [0.05, 0.1) is 4.92 Å². The molecule has 0 aliphatic carbocycles. The molecular formula is C12H18N4O3. The van der Waals surface area contributed by atoms with Gasteiger partial charge in [-0.15, -0.1) is 0 Å². The average Bonchev–Trinajstić information content (AvgIpc) is 2.35. The number of hydrogen-bond acceptors (Lipinski definition) is 5. The predicted molar refractivity (Wildman–Crippen MR) is 72.7 cm³/mol. The van der Waals surface area contributed by atoms with Crippen LogP contribution in [0.3, 0.4) is 0 Å². The molecule has 0 spiro atoms. The lowest BCUT2D eigenvalue weighted by molar-refractivity contribution is -0.384. The number of anilines is 1. The van der Waals surface area contributed by atoms with Crippen LogP contribution in [0.1, 0.15) is 24.2 Å². The lowest BCUT2D eigenvalue weighted by atomic mass is 10.1. The van der Waals surface area contributed by atoms with Crippen LogP contribution in [0.2, 0.25) is 0 Å². The summed E-state index contributed by atoms with van der Waals surface area (Å²) in [5, 5.41) is 11.1. The number of nitro benzene ring substituents is 1. The van der Waals surface area contributed by atoms with E-state index in [1.165, 1.54) is 17.0 Å². The Bertz CT molecular complexity index is 488. The van der Waals surface area contributed by atoms with Crippen LogP contribution in [-0.4, -0.2) is 29.3 Å². The molecule has 0 atom stereocenters. The standard InChI is InChI=1S/C12H18N4O3/c1-8(2)7-15(3)12(17)9-5-4-6-10(14-13)11(9)16(18)19/h4-6,8,14H,7,13H2,1-3H3. The number of nitrogens with two attached hydrogens (primary N) is 1. The number of nitrogen functional groups attached to an aromatic ring is 1. The SMILES string of the molecule is CC(C)CN(C)C(=O)c1cccc(NN)c1[N+](=O)[O-]. The van der Waals surface area contributed by atoms with Gasteiger partial charge in [0, 0.05) is 13.6 Å². The second-order valence-electron chi connectivity index (χ2n) is 4.68. The van der Waals surface area contributed by atoms with E-state index in [-0.39, 0.29) is 22.9 Å². The first-order chi connectivity index (χ1) is 8.88. The van der Waals surface area contributed by atoms with Gasteiger partial charge in [-0.3, -0.25) is 20.8 Å². The lowest BCUT2D eigenvalue weighted by Gasteiger charge is -2.19. The third kappa shape index (κ3) is 3.41. The van der Waals surface area contributed by atoms with E-state index < -0.39 is 10.8 Å². The number of carbonyl (C=O) groups excluding carboxylic acids is 1. The number of hydrogen-bond donors (Lipinski definition) is 2. The van der Waals surface area contributed by atoms with E-state index in [1.807, 2.05) is 13.8 Å². The number of rotatable bonds is 5. The Kier molecular flexibility index (Phi) is 4.82. The maximum Gasteiger partial charge on any atom is 0.306 e.